The van der Waals surface area contributed by atoms with E-state index in [4.69, 9.17) is 9.47 Å². The molecular weight excluding hydrogens is 344 g/mol. The maximum absolute atomic E-state index is 12.4. The number of carbonyl (C=O) groups excluding carboxylic acids is 1. The molecule has 0 aliphatic rings. The van der Waals surface area contributed by atoms with Crippen molar-refractivity contribution in [1.29, 1.82) is 0 Å². The molecule has 3 heterocycles. The minimum absolute atomic E-state index is 0.165. The van der Waals surface area contributed by atoms with Crippen LogP contribution in [0.2, 0.25) is 0 Å². The van der Waals surface area contributed by atoms with Gasteiger partial charge in [0, 0.05) is 22.0 Å². The van der Waals surface area contributed by atoms with E-state index in [0.717, 1.165) is 9.75 Å². The Hall–Kier alpha value is -2.38. The van der Waals surface area contributed by atoms with Crippen LogP contribution in [0.25, 0.3) is 0 Å². The van der Waals surface area contributed by atoms with Gasteiger partial charge in [0.2, 0.25) is 12.7 Å². The molecular formula is C17H16N2O3S2. The molecule has 0 unspecified atom stereocenters. The molecule has 3 aromatic heterocycles. The molecule has 0 spiro atoms. The van der Waals surface area contributed by atoms with E-state index in [9.17, 15) is 4.79 Å². The minimum Gasteiger partial charge on any atom is -0.440 e. The van der Waals surface area contributed by atoms with E-state index in [0.29, 0.717) is 19.0 Å². The highest BCUT2D eigenvalue weighted by atomic mass is 32.1. The van der Waals surface area contributed by atoms with Gasteiger partial charge in [0.25, 0.3) is 0 Å². The van der Waals surface area contributed by atoms with E-state index in [1.807, 2.05) is 41.1 Å². The molecule has 1 amide bonds. The fraction of sp³-hybridized carbons (Fsp3) is 0.176. The van der Waals surface area contributed by atoms with Gasteiger partial charge in [-0.15, -0.1) is 22.7 Å². The Bertz CT molecular complexity index is 694. The van der Waals surface area contributed by atoms with Crippen molar-refractivity contribution in [2.24, 2.45) is 0 Å². The van der Waals surface area contributed by atoms with Crippen LogP contribution < -0.4 is 4.74 Å². The van der Waals surface area contributed by atoms with Gasteiger partial charge in [0.05, 0.1) is 13.1 Å². The Morgan fingerprint density at radius 1 is 1.00 bits per heavy atom. The molecule has 0 saturated heterocycles. The van der Waals surface area contributed by atoms with Crippen LogP contribution in [0.5, 0.6) is 5.88 Å². The van der Waals surface area contributed by atoms with Crippen LogP contribution in [-0.4, -0.2) is 22.8 Å². The fourth-order valence-corrected chi connectivity index (χ4v) is 3.47. The molecule has 0 aromatic carbocycles. The van der Waals surface area contributed by atoms with Crippen molar-refractivity contribution in [1.82, 2.24) is 9.88 Å². The second-order valence-electron chi connectivity index (χ2n) is 4.86. The number of hydrogen-bond donors (Lipinski definition) is 0. The molecule has 0 aliphatic carbocycles. The van der Waals surface area contributed by atoms with E-state index in [-0.39, 0.29) is 6.79 Å². The Labute approximate surface area is 148 Å². The van der Waals surface area contributed by atoms with E-state index < -0.39 is 6.09 Å². The van der Waals surface area contributed by atoms with Crippen LogP contribution in [0.4, 0.5) is 4.79 Å². The minimum atomic E-state index is -0.410. The van der Waals surface area contributed by atoms with E-state index in [1.54, 1.807) is 45.9 Å². The van der Waals surface area contributed by atoms with E-state index in [1.165, 1.54) is 0 Å². The fourth-order valence-electron chi connectivity index (χ4n) is 2.03. The molecule has 0 bridgehead atoms. The summed E-state index contributed by atoms with van der Waals surface area (Å²) in [5, 5.41) is 3.99. The van der Waals surface area contributed by atoms with Gasteiger partial charge in [0.1, 0.15) is 0 Å². The molecule has 0 fully saturated rings. The van der Waals surface area contributed by atoms with Crippen molar-refractivity contribution in [3.63, 3.8) is 0 Å². The lowest BCUT2D eigenvalue weighted by molar-refractivity contribution is 0.0302. The van der Waals surface area contributed by atoms with Crippen LogP contribution in [0.3, 0.4) is 0 Å². The average molecular weight is 360 g/mol. The van der Waals surface area contributed by atoms with Crippen LogP contribution in [0, 0.1) is 0 Å². The highest BCUT2D eigenvalue weighted by molar-refractivity contribution is 7.10. The third kappa shape index (κ3) is 4.81. The summed E-state index contributed by atoms with van der Waals surface area (Å²) in [6, 6.07) is 13.3. The molecule has 7 heteroatoms. The summed E-state index contributed by atoms with van der Waals surface area (Å²) < 4.78 is 10.6. The summed E-state index contributed by atoms with van der Waals surface area (Å²) in [5.74, 6) is 0.424. The Balaban J connectivity index is 1.57. The second-order valence-corrected chi connectivity index (χ2v) is 6.92. The van der Waals surface area contributed by atoms with Crippen molar-refractivity contribution >= 4 is 28.8 Å². The zero-order valence-corrected chi connectivity index (χ0v) is 14.5. The SMILES string of the molecule is O=C(OCOc1ccccn1)N(Cc1cccs1)Cc1cccs1. The van der Waals surface area contributed by atoms with Crippen LogP contribution in [0.1, 0.15) is 9.75 Å². The summed E-state index contributed by atoms with van der Waals surface area (Å²) >= 11 is 3.23. The smallest absolute Gasteiger partial charge is 0.413 e. The molecule has 24 heavy (non-hydrogen) atoms. The first-order valence-corrected chi connectivity index (χ1v) is 9.07. The van der Waals surface area contributed by atoms with Crippen molar-refractivity contribution in [2.75, 3.05) is 6.79 Å². The topological polar surface area (TPSA) is 51.7 Å². The first-order chi connectivity index (χ1) is 11.8. The van der Waals surface area contributed by atoms with Crippen molar-refractivity contribution < 1.29 is 14.3 Å². The number of aromatic nitrogens is 1. The number of ether oxygens (including phenoxy) is 2. The largest absolute Gasteiger partial charge is 0.440 e. The summed E-state index contributed by atoms with van der Waals surface area (Å²) in [4.78, 5) is 20.3. The van der Waals surface area contributed by atoms with Gasteiger partial charge in [-0.2, -0.15) is 0 Å². The maximum Gasteiger partial charge on any atom is 0.413 e. The first-order valence-electron chi connectivity index (χ1n) is 7.31. The van der Waals surface area contributed by atoms with Crippen LogP contribution in [0.15, 0.2) is 59.4 Å². The summed E-state index contributed by atoms with van der Waals surface area (Å²) in [6.07, 6.45) is 1.21. The summed E-state index contributed by atoms with van der Waals surface area (Å²) in [7, 11) is 0. The van der Waals surface area contributed by atoms with Gasteiger partial charge < -0.3 is 9.47 Å². The molecule has 0 radical (unpaired) electrons. The van der Waals surface area contributed by atoms with Crippen molar-refractivity contribution in [3.8, 4) is 5.88 Å². The van der Waals surface area contributed by atoms with E-state index >= 15 is 0 Å². The summed E-state index contributed by atoms with van der Waals surface area (Å²) in [5.41, 5.74) is 0. The molecule has 5 nitrogen and oxygen atoms in total. The Morgan fingerprint density at radius 2 is 1.71 bits per heavy atom. The first kappa shape index (κ1) is 16.5. The normalized spacial score (nSPS) is 10.3. The van der Waals surface area contributed by atoms with E-state index in [2.05, 4.69) is 4.98 Å². The molecule has 3 rings (SSSR count). The Morgan fingerprint density at radius 3 is 2.25 bits per heavy atom. The molecule has 3 aromatic rings. The van der Waals surface area contributed by atoms with Crippen LogP contribution in [-0.2, 0) is 17.8 Å². The molecule has 0 saturated carbocycles. The van der Waals surface area contributed by atoms with Gasteiger partial charge in [-0.25, -0.2) is 9.78 Å². The zero-order valence-electron chi connectivity index (χ0n) is 12.8. The van der Waals surface area contributed by atoms with Crippen molar-refractivity contribution in [3.05, 3.63) is 69.2 Å². The molecule has 0 aliphatic heterocycles. The standard InChI is InChI=1S/C17H16N2O3S2/c20-17(22-13-21-16-7-1-2-8-18-16)19(11-14-5-3-9-23-14)12-15-6-4-10-24-15/h1-10H,11-13H2. The zero-order chi connectivity index (χ0) is 16.6. The number of nitrogens with zero attached hydrogens (tertiary/aromatic N) is 2. The molecule has 124 valence electrons. The summed E-state index contributed by atoms with van der Waals surface area (Å²) in [6.45, 7) is 0.858. The lowest BCUT2D eigenvalue weighted by Gasteiger charge is -2.21. The predicted molar refractivity (Wildman–Crippen MR) is 94.1 cm³/mol. The van der Waals surface area contributed by atoms with Crippen molar-refractivity contribution in [2.45, 2.75) is 13.1 Å². The van der Waals surface area contributed by atoms with Gasteiger partial charge in [0.15, 0.2) is 0 Å². The number of hydrogen-bond acceptors (Lipinski definition) is 6. The van der Waals surface area contributed by atoms with Gasteiger partial charge in [-0.05, 0) is 29.0 Å². The van der Waals surface area contributed by atoms with Gasteiger partial charge in [-0.3, -0.25) is 4.90 Å². The quantitative estimate of drug-likeness (QED) is 0.587. The van der Waals surface area contributed by atoms with Gasteiger partial charge in [-0.1, -0.05) is 18.2 Å². The third-order valence-electron chi connectivity index (χ3n) is 3.14. The molecule has 0 N–H and O–H groups in total. The van der Waals surface area contributed by atoms with Crippen LogP contribution >= 0.6 is 22.7 Å². The monoisotopic (exact) mass is 360 g/mol. The number of pyridine rings is 1. The predicted octanol–water partition coefficient (Wildman–Crippen LogP) is 4.38. The lowest BCUT2D eigenvalue weighted by Crippen LogP contribution is -2.31. The number of carbonyl (C=O) groups is 1. The number of amides is 1. The maximum atomic E-state index is 12.4. The highest BCUT2D eigenvalue weighted by Gasteiger charge is 2.17. The average Bonchev–Trinajstić information content (AvgIpc) is 3.29. The number of thiophene rings is 2. The molecule has 0 atom stereocenters. The third-order valence-corrected chi connectivity index (χ3v) is 4.86. The second kappa shape index (κ2) is 8.47. The highest BCUT2D eigenvalue weighted by Crippen LogP contribution is 2.18. The Kier molecular flexibility index (Phi) is 5.81. The lowest BCUT2D eigenvalue weighted by atomic mass is 10.4. The number of rotatable bonds is 7. The van der Waals surface area contributed by atoms with Gasteiger partial charge >= 0.3 is 6.09 Å².